The molecule has 0 radical (unpaired) electrons. The third-order valence-corrected chi connectivity index (χ3v) is 5.09. The SMILES string of the molecule is CC(C)N1C=C2C(O)=CN=C(Cc3ccccc3-c3ccncc3)N2CC1. The van der Waals surface area contributed by atoms with Gasteiger partial charge < -0.3 is 14.9 Å². The van der Waals surface area contributed by atoms with Gasteiger partial charge in [0.1, 0.15) is 11.5 Å². The number of aliphatic imine (C=N–C) groups is 1. The van der Waals surface area contributed by atoms with Crippen molar-refractivity contribution < 1.29 is 5.11 Å². The molecule has 1 N–H and O–H groups in total. The summed E-state index contributed by atoms with van der Waals surface area (Å²) in [6, 6.07) is 12.9. The Balaban J connectivity index is 1.66. The van der Waals surface area contributed by atoms with Crippen molar-refractivity contribution in [2.24, 2.45) is 4.99 Å². The van der Waals surface area contributed by atoms with E-state index in [1.54, 1.807) is 6.20 Å². The summed E-state index contributed by atoms with van der Waals surface area (Å²) in [5, 5.41) is 10.3. The second kappa shape index (κ2) is 7.27. The van der Waals surface area contributed by atoms with Crippen LogP contribution in [0.2, 0.25) is 0 Å². The van der Waals surface area contributed by atoms with Gasteiger partial charge in [0.05, 0.1) is 6.20 Å². The molecule has 5 nitrogen and oxygen atoms in total. The van der Waals surface area contributed by atoms with Crippen LogP contribution in [0.3, 0.4) is 0 Å². The molecule has 0 unspecified atom stereocenters. The number of amidine groups is 1. The lowest BCUT2D eigenvalue weighted by atomic mass is 9.97. The van der Waals surface area contributed by atoms with Gasteiger partial charge in [0, 0.05) is 44.1 Å². The highest BCUT2D eigenvalue weighted by molar-refractivity contribution is 5.90. The van der Waals surface area contributed by atoms with E-state index < -0.39 is 0 Å². The van der Waals surface area contributed by atoms with Gasteiger partial charge in [-0.25, -0.2) is 4.99 Å². The third kappa shape index (κ3) is 3.45. The predicted octanol–water partition coefficient (Wildman–Crippen LogP) is 3.97. The van der Waals surface area contributed by atoms with Crippen LogP contribution in [0.1, 0.15) is 19.4 Å². The summed E-state index contributed by atoms with van der Waals surface area (Å²) in [4.78, 5) is 13.1. The lowest BCUT2D eigenvalue weighted by molar-refractivity contribution is 0.242. The average molecular weight is 360 g/mol. The second-order valence-corrected chi connectivity index (χ2v) is 7.13. The highest BCUT2D eigenvalue weighted by Gasteiger charge is 2.28. The minimum absolute atomic E-state index is 0.228. The van der Waals surface area contributed by atoms with Gasteiger partial charge in [-0.15, -0.1) is 0 Å². The van der Waals surface area contributed by atoms with E-state index in [2.05, 4.69) is 57.9 Å². The Kier molecular flexibility index (Phi) is 4.67. The molecule has 1 aromatic carbocycles. The molecule has 0 saturated carbocycles. The number of pyridine rings is 1. The summed E-state index contributed by atoms with van der Waals surface area (Å²) in [6.07, 6.45) is 7.95. The fourth-order valence-electron chi connectivity index (χ4n) is 3.58. The maximum atomic E-state index is 10.3. The molecule has 0 atom stereocenters. The van der Waals surface area contributed by atoms with Gasteiger partial charge in [-0.05, 0) is 42.7 Å². The van der Waals surface area contributed by atoms with Crippen molar-refractivity contribution in [3.05, 3.63) is 78.2 Å². The summed E-state index contributed by atoms with van der Waals surface area (Å²) in [6.45, 7) is 6.06. The van der Waals surface area contributed by atoms with E-state index in [0.29, 0.717) is 12.5 Å². The smallest absolute Gasteiger partial charge is 0.159 e. The number of hydrogen-bond donors (Lipinski definition) is 1. The molecule has 138 valence electrons. The highest BCUT2D eigenvalue weighted by Crippen LogP contribution is 2.28. The Morgan fingerprint density at radius 2 is 1.85 bits per heavy atom. The number of hydrogen-bond acceptors (Lipinski definition) is 5. The van der Waals surface area contributed by atoms with Gasteiger partial charge in [0.25, 0.3) is 0 Å². The molecule has 0 bridgehead atoms. The molecule has 27 heavy (non-hydrogen) atoms. The molecule has 2 aliphatic rings. The topological polar surface area (TPSA) is 52.0 Å². The summed E-state index contributed by atoms with van der Waals surface area (Å²) < 4.78 is 0. The summed E-state index contributed by atoms with van der Waals surface area (Å²) in [7, 11) is 0. The van der Waals surface area contributed by atoms with Gasteiger partial charge in [0.15, 0.2) is 5.76 Å². The Bertz CT molecular complexity index is 915. The standard InChI is InChI=1S/C22H24N4O/c1-16(2)25-11-12-26-20(15-25)21(27)14-24-22(26)13-18-5-3-4-6-19(18)17-7-9-23-10-8-17/h3-10,14-16,27H,11-13H2,1-2H3. The first-order valence-corrected chi connectivity index (χ1v) is 9.33. The highest BCUT2D eigenvalue weighted by atomic mass is 16.3. The second-order valence-electron chi connectivity index (χ2n) is 7.13. The van der Waals surface area contributed by atoms with E-state index in [4.69, 9.17) is 0 Å². The van der Waals surface area contributed by atoms with E-state index >= 15 is 0 Å². The Hall–Kier alpha value is -3.08. The van der Waals surface area contributed by atoms with E-state index in [1.807, 2.05) is 30.7 Å². The molecule has 3 heterocycles. The zero-order chi connectivity index (χ0) is 18.8. The number of aromatic nitrogens is 1. The van der Waals surface area contributed by atoms with Gasteiger partial charge in [-0.1, -0.05) is 24.3 Å². The van der Waals surface area contributed by atoms with Gasteiger partial charge >= 0.3 is 0 Å². The van der Waals surface area contributed by atoms with Crippen LogP contribution in [0.4, 0.5) is 0 Å². The Labute approximate surface area is 160 Å². The number of nitrogens with zero attached hydrogens (tertiary/aromatic N) is 4. The first-order valence-electron chi connectivity index (χ1n) is 9.33. The van der Waals surface area contributed by atoms with E-state index in [-0.39, 0.29) is 5.76 Å². The molecule has 0 spiro atoms. The molecule has 2 aromatic rings. The largest absolute Gasteiger partial charge is 0.504 e. The first kappa shape index (κ1) is 17.3. The van der Waals surface area contributed by atoms with Gasteiger partial charge in [-0.3, -0.25) is 4.98 Å². The van der Waals surface area contributed by atoms with Crippen LogP contribution in [0.5, 0.6) is 0 Å². The van der Waals surface area contributed by atoms with Crippen LogP contribution in [0.15, 0.2) is 77.6 Å². The van der Waals surface area contributed by atoms with Crippen molar-refractivity contribution in [2.45, 2.75) is 26.3 Å². The van der Waals surface area contributed by atoms with Crippen molar-refractivity contribution >= 4 is 5.84 Å². The van der Waals surface area contributed by atoms with Crippen molar-refractivity contribution in [1.29, 1.82) is 0 Å². The molecule has 2 aliphatic heterocycles. The lowest BCUT2D eigenvalue weighted by Gasteiger charge is -2.39. The van der Waals surface area contributed by atoms with Crippen LogP contribution >= 0.6 is 0 Å². The number of fused-ring (bicyclic) bond motifs is 1. The average Bonchev–Trinajstić information content (AvgIpc) is 2.71. The number of benzene rings is 1. The third-order valence-electron chi connectivity index (χ3n) is 5.09. The number of aliphatic hydroxyl groups excluding tert-OH is 1. The van der Waals surface area contributed by atoms with Crippen molar-refractivity contribution in [3.8, 4) is 11.1 Å². The maximum Gasteiger partial charge on any atom is 0.159 e. The quantitative estimate of drug-likeness (QED) is 0.896. The zero-order valence-corrected chi connectivity index (χ0v) is 15.7. The van der Waals surface area contributed by atoms with Crippen LogP contribution in [-0.4, -0.2) is 44.9 Å². The molecule has 0 amide bonds. The molecule has 4 rings (SSSR count). The van der Waals surface area contributed by atoms with E-state index in [0.717, 1.165) is 30.2 Å². The molecule has 5 heteroatoms. The monoisotopic (exact) mass is 360 g/mol. The van der Waals surface area contributed by atoms with Crippen molar-refractivity contribution in [1.82, 2.24) is 14.8 Å². The fraction of sp³-hybridized carbons (Fsp3) is 0.273. The predicted molar refractivity (Wildman–Crippen MR) is 108 cm³/mol. The molecular formula is C22H24N4O. The van der Waals surface area contributed by atoms with Crippen molar-refractivity contribution in [2.75, 3.05) is 13.1 Å². The minimum Gasteiger partial charge on any atom is -0.504 e. The van der Waals surface area contributed by atoms with Crippen LogP contribution < -0.4 is 0 Å². The fourth-order valence-corrected chi connectivity index (χ4v) is 3.58. The molecule has 1 aromatic heterocycles. The summed E-state index contributed by atoms with van der Waals surface area (Å²) >= 11 is 0. The Morgan fingerprint density at radius 3 is 2.63 bits per heavy atom. The van der Waals surface area contributed by atoms with E-state index in [1.165, 1.54) is 11.1 Å². The molecule has 0 fully saturated rings. The van der Waals surface area contributed by atoms with Crippen LogP contribution in [0.25, 0.3) is 11.1 Å². The lowest BCUT2D eigenvalue weighted by Crippen LogP contribution is -2.45. The molecule has 0 saturated heterocycles. The number of rotatable bonds is 4. The van der Waals surface area contributed by atoms with E-state index in [9.17, 15) is 5.11 Å². The maximum absolute atomic E-state index is 10.3. The normalized spacial score (nSPS) is 16.6. The van der Waals surface area contributed by atoms with Gasteiger partial charge in [0.2, 0.25) is 0 Å². The summed E-state index contributed by atoms with van der Waals surface area (Å²) in [5.41, 5.74) is 4.38. The van der Waals surface area contributed by atoms with Crippen LogP contribution in [0, 0.1) is 0 Å². The minimum atomic E-state index is 0.228. The molecular weight excluding hydrogens is 336 g/mol. The first-order chi connectivity index (χ1) is 13.1. The van der Waals surface area contributed by atoms with Crippen molar-refractivity contribution in [3.63, 3.8) is 0 Å². The van der Waals surface area contributed by atoms with Gasteiger partial charge in [-0.2, -0.15) is 0 Å². The number of aliphatic hydroxyl groups is 1. The Morgan fingerprint density at radius 1 is 1.07 bits per heavy atom. The summed E-state index contributed by atoms with van der Waals surface area (Å²) in [5.74, 6) is 1.19. The van der Waals surface area contributed by atoms with Crippen LogP contribution in [-0.2, 0) is 6.42 Å². The zero-order valence-electron chi connectivity index (χ0n) is 15.7. The molecule has 0 aliphatic carbocycles.